The fraction of sp³-hybridized carbons (Fsp3) is 0.636. The normalized spacial score (nSPS) is 29.4. The number of nitrogens with one attached hydrogen (secondary N) is 1. The van der Waals surface area contributed by atoms with Crippen LogP contribution in [0.4, 0.5) is 0 Å². The van der Waals surface area contributed by atoms with Crippen molar-refractivity contribution >= 4 is 11.9 Å². The van der Waals surface area contributed by atoms with Gasteiger partial charge in [-0.2, -0.15) is 0 Å². The Bertz CT molecular complexity index is 721. The Hall–Kier alpha value is -2.04. The van der Waals surface area contributed by atoms with E-state index in [1.807, 2.05) is 0 Å². The van der Waals surface area contributed by atoms with Crippen molar-refractivity contribution < 1.29 is 19.1 Å². The monoisotopic (exact) mass is 371 g/mol. The molecular weight excluding hydrogens is 342 g/mol. The molecule has 1 unspecified atom stereocenters. The van der Waals surface area contributed by atoms with Gasteiger partial charge >= 0.3 is 5.97 Å². The van der Waals surface area contributed by atoms with Gasteiger partial charge in [-0.05, 0) is 80.0 Å². The molecular formula is C22H29NO4. The van der Waals surface area contributed by atoms with Gasteiger partial charge in [0, 0.05) is 12.5 Å². The third-order valence-electron chi connectivity index (χ3n) is 6.90. The van der Waals surface area contributed by atoms with Crippen molar-refractivity contribution in [2.75, 3.05) is 20.3 Å². The van der Waals surface area contributed by atoms with Gasteiger partial charge in [0.05, 0.1) is 19.6 Å². The van der Waals surface area contributed by atoms with Crippen LogP contribution in [-0.4, -0.2) is 32.1 Å². The van der Waals surface area contributed by atoms with E-state index in [9.17, 15) is 9.59 Å². The van der Waals surface area contributed by atoms with Crippen molar-refractivity contribution in [1.82, 2.24) is 5.32 Å². The van der Waals surface area contributed by atoms with Crippen molar-refractivity contribution in [1.29, 1.82) is 0 Å². The zero-order valence-electron chi connectivity index (χ0n) is 16.1. The molecule has 1 aliphatic heterocycles. The van der Waals surface area contributed by atoms with Gasteiger partial charge in [-0.1, -0.05) is 6.07 Å². The van der Waals surface area contributed by atoms with Gasteiger partial charge in [-0.15, -0.1) is 0 Å². The summed E-state index contributed by atoms with van der Waals surface area (Å²) < 4.78 is 10.9. The van der Waals surface area contributed by atoms with Crippen molar-refractivity contribution in [2.45, 2.75) is 56.8 Å². The number of ether oxygens (including phenoxy) is 2. The Balaban J connectivity index is 1.40. The molecule has 0 radical (unpaired) electrons. The van der Waals surface area contributed by atoms with E-state index >= 15 is 0 Å². The van der Waals surface area contributed by atoms with Crippen LogP contribution in [0.1, 0.15) is 56.1 Å². The maximum Gasteiger partial charge on any atom is 0.308 e. The molecule has 2 aliphatic carbocycles. The van der Waals surface area contributed by atoms with Gasteiger partial charge in [0.25, 0.3) is 0 Å². The Labute approximate surface area is 160 Å². The minimum atomic E-state index is -0.0592. The molecule has 1 aromatic rings. The van der Waals surface area contributed by atoms with Gasteiger partial charge in [0.1, 0.15) is 5.75 Å². The summed E-state index contributed by atoms with van der Waals surface area (Å²) in [5.74, 6) is 1.16. The summed E-state index contributed by atoms with van der Waals surface area (Å²) in [6.07, 6.45) is 7.88. The SMILES string of the molecule is COC(=O)C1CCC2(CCc3ccc(OCCC4CCNC4=O)cc32)CC1. The number of hydrogen-bond donors (Lipinski definition) is 1. The number of rotatable bonds is 5. The molecule has 2 fully saturated rings. The van der Waals surface area contributed by atoms with E-state index in [0.717, 1.165) is 57.2 Å². The van der Waals surface area contributed by atoms with Gasteiger partial charge in [0.2, 0.25) is 5.91 Å². The second-order valence-electron chi connectivity index (χ2n) is 8.31. The first kappa shape index (κ1) is 18.3. The molecule has 5 nitrogen and oxygen atoms in total. The second kappa shape index (κ2) is 7.53. The molecule has 1 heterocycles. The molecule has 1 saturated carbocycles. The quantitative estimate of drug-likeness (QED) is 0.808. The maximum absolute atomic E-state index is 11.8. The standard InChI is InChI=1S/C22H29NO4/c1-26-21(25)17-5-10-22(11-6-17)9-4-15-2-3-18(14-19(15)22)27-13-8-16-7-12-23-20(16)24/h2-3,14,16-17H,4-13H2,1H3,(H,23,24). The highest BCUT2D eigenvalue weighted by atomic mass is 16.5. The number of carbonyl (C=O) groups is 2. The van der Waals surface area contributed by atoms with E-state index in [4.69, 9.17) is 9.47 Å². The summed E-state index contributed by atoms with van der Waals surface area (Å²) in [5.41, 5.74) is 3.04. The lowest BCUT2D eigenvalue weighted by molar-refractivity contribution is -0.147. The van der Waals surface area contributed by atoms with Gasteiger partial charge in [0.15, 0.2) is 0 Å². The predicted octanol–water partition coefficient (Wildman–Crippen LogP) is 3.14. The number of fused-ring (bicyclic) bond motifs is 2. The minimum absolute atomic E-state index is 0.0571. The number of hydrogen-bond acceptors (Lipinski definition) is 4. The lowest BCUT2D eigenvalue weighted by Crippen LogP contribution is -2.32. The Morgan fingerprint density at radius 2 is 2.04 bits per heavy atom. The van der Waals surface area contributed by atoms with E-state index < -0.39 is 0 Å². The second-order valence-corrected chi connectivity index (χ2v) is 8.31. The first-order valence-electron chi connectivity index (χ1n) is 10.2. The van der Waals surface area contributed by atoms with Crippen LogP contribution in [0.5, 0.6) is 5.75 Å². The highest BCUT2D eigenvalue weighted by molar-refractivity contribution is 5.80. The first-order chi connectivity index (χ1) is 13.1. The molecule has 0 aromatic heterocycles. The number of benzene rings is 1. The van der Waals surface area contributed by atoms with Gasteiger partial charge < -0.3 is 14.8 Å². The van der Waals surface area contributed by atoms with Crippen LogP contribution in [0.15, 0.2) is 18.2 Å². The van der Waals surface area contributed by atoms with Crippen molar-refractivity contribution in [3.8, 4) is 5.75 Å². The minimum Gasteiger partial charge on any atom is -0.494 e. The summed E-state index contributed by atoms with van der Waals surface area (Å²) in [4.78, 5) is 23.5. The third kappa shape index (κ3) is 3.56. The van der Waals surface area contributed by atoms with E-state index in [1.54, 1.807) is 0 Å². The summed E-state index contributed by atoms with van der Waals surface area (Å²) >= 11 is 0. The van der Waals surface area contributed by atoms with Crippen molar-refractivity contribution in [2.24, 2.45) is 11.8 Å². The number of amides is 1. The number of methoxy groups -OCH3 is 1. The molecule has 27 heavy (non-hydrogen) atoms. The van der Waals surface area contributed by atoms with Crippen LogP contribution < -0.4 is 10.1 Å². The van der Waals surface area contributed by atoms with Crippen LogP contribution in [0.25, 0.3) is 0 Å². The van der Waals surface area contributed by atoms with Crippen molar-refractivity contribution in [3.63, 3.8) is 0 Å². The fourth-order valence-corrected chi connectivity index (χ4v) is 5.20. The Kier molecular flexibility index (Phi) is 5.11. The molecule has 1 atom stereocenters. The van der Waals surface area contributed by atoms with Crippen LogP contribution >= 0.6 is 0 Å². The molecule has 3 aliphatic rings. The van der Waals surface area contributed by atoms with Crippen LogP contribution in [-0.2, 0) is 26.2 Å². The number of carbonyl (C=O) groups excluding carboxylic acids is 2. The van der Waals surface area contributed by atoms with E-state index in [0.29, 0.717) is 6.61 Å². The largest absolute Gasteiger partial charge is 0.494 e. The maximum atomic E-state index is 11.8. The zero-order chi connectivity index (χ0) is 18.9. The van der Waals surface area contributed by atoms with E-state index in [2.05, 4.69) is 23.5 Å². The fourth-order valence-electron chi connectivity index (χ4n) is 5.20. The molecule has 0 bridgehead atoms. The van der Waals surface area contributed by atoms with Crippen LogP contribution in [0, 0.1) is 11.8 Å². The lowest BCUT2D eigenvalue weighted by Gasteiger charge is -2.37. The van der Waals surface area contributed by atoms with Crippen LogP contribution in [0.2, 0.25) is 0 Å². The van der Waals surface area contributed by atoms with Crippen LogP contribution in [0.3, 0.4) is 0 Å². The van der Waals surface area contributed by atoms with Gasteiger partial charge in [-0.25, -0.2) is 0 Å². The molecule has 4 rings (SSSR count). The van der Waals surface area contributed by atoms with E-state index in [1.165, 1.54) is 24.7 Å². The van der Waals surface area contributed by atoms with E-state index in [-0.39, 0.29) is 29.1 Å². The summed E-state index contributed by atoms with van der Waals surface area (Å²) in [6, 6.07) is 6.48. The van der Waals surface area contributed by atoms with Gasteiger partial charge in [-0.3, -0.25) is 9.59 Å². The molecule has 5 heteroatoms. The highest BCUT2D eigenvalue weighted by Crippen LogP contribution is 2.50. The average molecular weight is 371 g/mol. The summed E-state index contributed by atoms with van der Waals surface area (Å²) in [6.45, 7) is 1.37. The topological polar surface area (TPSA) is 64.6 Å². The average Bonchev–Trinajstić information content (AvgIpc) is 3.26. The Morgan fingerprint density at radius 1 is 1.22 bits per heavy atom. The molecule has 1 amide bonds. The third-order valence-corrected chi connectivity index (χ3v) is 6.90. The predicted molar refractivity (Wildman–Crippen MR) is 102 cm³/mol. The number of esters is 1. The molecule has 1 N–H and O–H groups in total. The number of aryl methyl sites for hydroxylation is 1. The smallest absolute Gasteiger partial charge is 0.308 e. The molecule has 1 spiro atoms. The first-order valence-corrected chi connectivity index (χ1v) is 10.2. The zero-order valence-corrected chi connectivity index (χ0v) is 16.1. The Morgan fingerprint density at radius 3 is 2.74 bits per heavy atom. The summed E-state index contributed by atoms with van der Waals surface area (Å²) in [5, 5.41) is 2.88. The highest BCUT2D eigenvalue weighted by Gasteiger charge is 2.43. The molecule has 1 saturated heterocycles. The molecule has 1 aromatic carbocycles. The van der Waals surface area contributed by atoms with Crippen molar-refractivity contribution in [3.05, 3.63) is 29.3 Å². The lowest BCUT2D eigenvalue weighted by atomic mass is 9.67. The summed E-state index contributed by atoms with van der Waals surface area (Å²) in [7, 11) is 1.48. The molecule has 146 valence electrons.